The first-order chi connectivity index (χ1) is 13.1. The number of methoxy groups -OCH3 is 2. The molecule has 0 radical (unpaired) electrons. The van der Waals surface area contributed by atoms with Crippen LogP contribution >= 0.6 is 0 Å². The van der Waals surface area contributed by atoms with Gasteiger partial charge in [0.05, 0.1) is 25.9 Å². The fourth-order valence-corrected chi connectivity index (χ4v) is 2.77. The maximum absolute atomic E-state index is 12.4. The Morgan fingerprint density at radius 1 is 1.11 bits per heavy atom. The van der Waals surface area contributed by atoms with Crippen LogP contribution in [0.15, 0.2) is 60.9 Å². The fourth-order valence-electron chi connectivity index (χ4n) is 2.77. The molecule has 0 aliphatic carbocycles. The average molecular weight is 366 g/mol. The summed E-state index contributed by atoms with van der Waals surface area (Å²) < 4.78 is 12.4. The summed E-state index contributed by atoms with van der Waals surface area (Å²) in [5.74, 6) is 1.39. The Bertz CT molecular complexity index is 909. The lowest BCUT2D eigenvalue weighted by Gasteiger charge is -2.18. The molecule has 0 saturated carbocycles. The summed E-state index contributed by atoms with van der Waals surface area (Å²) in [6, 6.07) is 14.2. The molecule has 2 aromatic carbocycles. The summed E-state index contributed by atoms with van der Waals surface area (Å²) in [5, 5.41) is 9.96. The van der Waals surface area contributed by atoms with Crippen LogP contribution in [0.25, 0.3) is 5.69 Å². The molecule has 2 amide bonds. The SMILES string of the molecule is COc1ccc(OC)c(C(C)NC(=O)Nc2cccc(-n3cccn3)c2)c1. The van der Waals surface area contributed by atoms with Crippen LogP contribution in [-0.4, -0.2) is 30.0 Å². The predicted molar refractivity (Wildman–Crippen MR) is 104 cm³/mol. The van der Waals surface area contributed by atoms with Crippen LogP contribution in [-0.2, 0) is 0 Å². The van der Waals surface area contributed by atoms with Gasteiger partial charge in [0.15, 0.2) is 0 Å². The third-order valence-corrected chi connectivity index (χ3v) is 4.12. The van der Waals surface area contributed by atoms with E-state index in [9.17, 15) is 4.79 Å². The average Bonchev–Trinajstić information content (AvgIpc) is 3.22. The number of hydrogen-bond acceptors (Lipinski definition) is 4. The van der Waals surface area contributed by atoms with E-state index in [0.717, 1.165) is 11.3 Å². The van der Waals surface area contributed by atoms with E-state index in [1.807, 2.05) is 61.7 Å². The van der Waals surface area contributed by atoms with Crippen molar-refractivity contribution >= 4 is 11.7 Å². The van der Waals surface area contributed by atoms with Gasteiger partial charge in [-0.1, -0.05) is 6.07 Å². The van der Waals surface area contributed by atoms with Gasteiger partial charge in [-0.25, -0.2) is 9.48 Å². The minimum absolute atomic E-state index is 0.274. The van der Waals surface area contributed by atoms with Crippen molar-refractivity contribution in [1.29, 1.82) is 0 Å². The second kappa shape index (κ2) is 8.27. The number of rotatable bonds is 6. The highest BCUT2D eigenvalue weighted by Gasteiger charge is 2.15. The molecular weight excluding hydrogens is 344 g/mol. The summed E-state index contributed by atoms with van der Waals surface area (Å²) in [6.07, 6.45) is 3.55. The molecule has 1 heterocycles. The normalized spacial score (nSPS) is 11.5. The number of amides is 2. The van der Waals surface area contributed by atoms with E-state index < -0.39 is 0 Å². The number of nitrogens with zero attached hydrogens (tertiary/aromatic N) is 2. The molecule has 0 aliphatic rings. The van der Waals surface area contributed by atoms with E-state index in [-0.39, 0.29) is 12.1 Å². The molecule has 140 valence electrons. The lowest BCUT2D eigenvalue weighted by atomic mass is 10.1. The van der Waals surface area contributed by atoms with E-state index in [0.29, 0.717) is 17.2 Å². The van der Waals surface area contributed by atoms with Crippen molar-refractivity contribution in [2.45, 2.75) is 13.0 Å². The number of carbonyl (C=O) groups excluding carboxylic acids is 1. The van der Waals surface area contributed by atoms with Gasteiger partial charge in [-0.2, -0.15) is 5.10 Å². The molecule has 7 heteroatoms. The Balaban J connectivity index is 1.70. The topological polar surface area (TPSA) is 77.4 Å². The minimum atomic E-state index is -0.315. The van der Waals surface area contributed by atoms with Crippen molar-refractivity contribution in [3.05, 3.63) is 66.5 Å². The Labute approximate surface area is 157 Å². The van der Waals surface area contributed by atoms with Gasteiger partial charge in [0.25, 0.3) is 0 Å². The molecule has 0 fully saturated rings. The number of hydrogen-bond donors (Lipinski definition) is 2. The van der Waals surface area contributed by atoms with Gasteiger partial charge < -0.3 is 20.1 Å². The van der Waals surface area contributed by atoms with Crippen LogP contribution < -0.4 is 20.1 Å². The first kappa shape index (κ1) is 18.3. The quantitative estimate of drug-likeness (QED) is 0.696. The standard InChI is InChI=1S/C20H22N4O3/c1-14(18-13-17(26-2)8-9-19(18)27-3)22-20(25)23-15-6-4-7-16(12-15)24-11-5-10-21-24/h4-14H,1-3H3,(H2,22,23,25). The van der Waals surface area contributed by atoms with E-state index in [1.54, 1.807) is 25.1 Å². The van der Waals surface area contributed by atoms with Crippen LogP contribution in [0, 0.1) is 0 Å². The highest BCUT2D eigenvalue weighted by molar-refractivity contribution is 5.89. The second-order valence-electron chi connectivity index (χ2n) is 5.93. The van der Waals surface area contributed by atoms with Gasteiger partial charge in [0.2, 0.25) is 0 Å². The zero-order valence-corrected chi connectivity index (χ0v) is 15.5. The minimum Gasteiger partial charge on any atom is -0.497 e. The molecule has 3 aromatic rings. The van der Waals surface area contributed by atoms with Gasteiger partial charge in [-0.3, -0.25) is 0 Å². The zero-order valence-electron chi connectivity index (χ0n) is 15.5. The Morgan fingerprint density at radius 3 is 2.67 bits per heavy atom. The fraction of sp³-hybridized carbons (Fsp3) is 0.200. The van der Waals surface area contributed by atoms with Crippen LogP contribution in [0.3, 0.4) is 0 Å². The summed E-state index contributed by atoms with van der Waals surface area (Å²) in [6.45, 7) is 1.89. The lowest BCUT2D eigenvalue weighted by molar-refractivity contribution is 0.249. The van der Waals surface area contributed by atoms with Crippen LogP contribution in [0.5, 0.6) is 11.5 Å². The Morgan fingerprint density at radius 2 is 1.96 bits per heavy atom. The molecule has 3 rings (SSSR count). The molecule has 0 aliphatic heterocycles. The third kappa shape index (κ3) is 4.38. The number of urea groups is 1. The van der Waals surface area contributed by atoms with E-state index in [4.69, 9.17) is 9.47 Å². The van der Waals surface area contributed by atoms with Crippen molar-refractivity contribution < 1.29 is 14.3 Å². The molecule has 1 aromatic heterocycles. The number of benzene rings is 2. The van der Waals surface area contributed by atoms with Crippen molar-refractivity contribution in [2.24, 2.45) is 0 Å². The monoisotopic (exact) mass is 366 g/mol. The highest BCUT2D eigenvalue weighted by Crippen LogP contribution is 2.29. The highest BCUT2D eigenvalue weighted by atomic mass is 16.5. The van der Waals surface area contributed by atoms with Gasteiger partial charge in [0.1, 0.15) is 11.5 Å². The number of nitrogens with one attached hydrogen (secondary N) is 2. The van der Waals surface area contributed by atoms with Gasteiger partial charge in [-0.05, 0) is 49.4 Å². The van der Waals surface area contributed by atoms with Crippen molar-refractivity contribution in [3.63, 3.8) is 0 Å². The predicted octanol–water partition coefficient (Wildman–Crippen LogP) is 3.77. The molecule has 0 spiro atoms. The van der Waals surface area contributed by atoms with Crippen molar-refractivity contribution in [3.8, 4) is 17.2 Å². The smallest absolute Gasteiger partial charge is 0.319 e. The van der Waals surface area contributed by atoms with Gasteiger partial charge in [0, 0.05) is 23.6 Å². The second-order valence-corrected chi connectivity index (χ2v) is 5.93. The third-order valence-electron chi connectivity index (χ3n) is 4.12. The first-order valence-corrected chi connectivity index (χ1v) is 8.50. The summed E-state index contributed by atoms with van der Waals surface area (Å²) >= 11 is 0. The Kier molecular flexibility index (Phi) is 5.61. The van der Waals surface area contributed by atoms with Crippen LogP contribution in [0.2, 0.25) is 0 Å². The molecule has 1 atom stereocenters. The van der Waals surface area contributed by atoms with Gasteiger partial charge >= 0.3 is 6.03 Å². The van der Waals surface area contributed by atoms with Gasteiger partial charge in [-0.15, -0.1) is 0 Å². The molecule has 2 N–H and O–H groups in total. The van der Waals surface area contributed by atoms with Crippen LogP contribution in [0.4, 0.5) is 10.5 Å². The number of aromatic nitrogens is 2. The van der Waals surface area contributed by atoms with Crippen molar-refractivity contribution in [1.82, 2.24) is 15.1 Å². The molecular formula is C20H22N4O3. The maximum atomic E-state index is 12.4. The number of ether oxygens (including phenoxy) is 2. The summed E-state index contributed by atoms with van der Waals surface area (Å²) in [7, 11) is 3.20. The summed E-state index contributed by atoms with van der Waals surface area (Å²) in [5.41, 5.74) is 2.36. The molecule has 1 unspecified atom stereocenters. The maximum Gasteiger partial charge on any atom is 0.319 e. The number of carbonyl (C=O) groups is 1. The molecule has 0 saturated heterocycles. The molecule has 27 heavy (non-hydrogen) atoms. The van der Waals surface area contributed by atoms with E-state index in [2.05, 4.69) is 15.7 Å². The largest absolute Gasteiger partial charge is 0.497 e. The molecule has 7 nitrogen and oxygen atoms in total. The molecule has 0 bridgehead atoms. The first-order valence-electron chi connectivity index (χ1n) is 8.50. The zero-order chi connectivity index (χ0) is 19.2. The lowest BCUT2D eigenvalue weighted by Crippen LogP contribution is -2.31. The van der Waals surface area contributed by atoms with E-state index >= 15 is 0 Å². The van der Waals surface area contributed by atoms with Crippen LogP contribution in [0.1, 0.15) is 18.5 Å². The van der Waals surface area contributed by atoms with Crippen molar-refractivity contribution in [2.75, 3.05) is 19.5 Å². The Hall–Kier alpha value is -3.48. The van der Waals surface area contributed by atoms with E-state index in [1.165, 1.54) is 0 Å². The number of anilines is 1. The summed E-state index contributed by atoms with van der Waals surface area (Å²) in [4.78, 5) is 12.4.